The Labute approximate surface area is 159 Å². The van der Waals surface area contributed by atoms with Crippen LogP contribution in [-0.4, -0.2) is 28.3 Å². The number of nitrogens with zero attached hydrogens (tertiary/aromatic N) is 2. The van der Waals surface area contributed by atoms with Gasteiger partial charge < -0.3 is 10.1 Å². The number of esters is 1. The van der Waals surface area contributed by atoms with Gasteiger partial charge in [-0.2, -0.15) is 9.78 Å². The maximum Gasteiger partial charge on any atom is 0.360 e. The Bertz CT molecular complexity index is 998. The number of carbonyl (C=O) groups is 2. The van der Waals surface area contributed by atoms with Gasteiger partial charge >= 0.3 is 5.97 Å². The molecule has 1 amide bonds. The Morgan fingerprint density at radius 1 is 1.19 bits per heavy atom. The molecule has 3 aromatic rings. The fourth-order valence-electron chi connectivity index (χ4n) is 2.42. The number of benzene rings is 1. The van der Waals surface area contributed by atoms with Crippen molar-refractivity contribution in [2.45, 2.75) is 13.3 Å². The van der Waals surface area contributed by atoms with Gasteiger partial charge in [0, 0.05) is 10.9 Å². The minimum Gasteiger partial charge on any atom is -0.461 e. The van der Waals surface area contributed by atoms with Crippen molar-refractivity contribution in [3.63, 3.8) is 0 Å². The van der Waals surface area contributed by atoms with Gasteiger partial charge in [-0.05, 0) is 30.5 Å². The fourth-order valence-corrected chi connectivity index (χ4v) is 3.13. The second-order valence-corrected chi connectivity index (χ2v) is 6.55. The van der Waals surface area contributed by atoms with E-state index in [1.165, 1.54) is 17.4 Å². The number of ether oxygens (including phenoxy) is 1. The van der Waals surface area contributed by atoms with Crippen LogP contribution in [0.4, 0.5) is 5.69 Å². The van der Waals surface area contributed by atoms with Crippen LogP contribution in [0.15, 0.2) is 58.7 Å². The number of hydrogen-bond acceptors (Lipinski definition) is 6. The second kappa shape index (κ2) is 8.41. The molecule has 0 aliphatic carbocycles. The van der Waals surface area contributed by atoms with Crippen molar-refractivity contribution in [2.24, 2.45) is 0 Å². The lowest BCUT2D eigenvalue weighted by Crippen LogP contribution is -2.27. The van der Waals surface area contributed by atoms with Crippen molar-refractivity contribution < 1.29 is 14.3 Å². The molecule has 0 atom stereocenters. The Balaban J connectivity index is 1.96. The minimum atomic E-state index is -0.714. The summed E-state index contributed by atoms with van der Waals surface area (Å²) in [7, 11) is 0. The summed E-state index contributed by atoms with van der Waals surface area (Å²) in [6, 6.07) is 13.6. The van der Waals surface area contributed by atoms with E-state index in [0.29, 0.717) is 5.69 Å². The highest BCUT2D eigenvalue weighted by Gasteiger charge is 2.20. The van der Waals surface area contributed by atoms with Gasteiger partial charge in [0.2, 0.25) is 5.91 Å². The van der Waals surface area contributed by atoms with Crippen molar-refractivity contribution in [3.8, 4) is 5.69 Å². The molecule has 0 saturated carbocycles. The van der Waals surface area contributed by atoms with Crippen molar-refractivity contribution in [1.82, 2.24) is 9.78 Å². The van der Waals surface area contributed by atoms with Crippen molar-refractivity contribution >= 4 is 28.9 Å². The SMILES string of the molecule is CCOC(=O)c1nn(-c2ccccc2)c(=O)cc1NC(=O)Cc1cccs1. The largest absolute Gasteiger partial charge is 0.461 e. The van der Waals surface area contributed by atoms with E-state index in [4.69, 9.17) is 4.74 Å². The van der Waals surface area contributed by atoms with Crippen LogP contribution in [0.1, 0.15) is 22.3 Å². The van der Waals surface area contributed by atoms with E-state index >= 15 is 0 Å². The molecule has 0 bridgehead atoms. The van der Waals surface area contributed by atoms with Crippen molar-refractivity contribution in [3.05, 3.63) is 74.8 Å². The third-order valence-electron chi connectivity index (χ3n) is 3.59. The highest BCUT2D eigenvalue weighted by molar-refractivity contribution is 7.10. The summed E-state index contributed by atoms with van der Waals surface area (Å²) in [4.78, 5) is 37.9. The molecule has 0 radical (unpaired) electrons. The molecule has 0 aliphatic rings. The van der Waals surface area contributed by atoms with Gasteiger partial charge in [0.25, 0.3) is 5.56 Å². The van der Waals surface area contributed by atoms with E-state index in [0.717, 1.165) is 9.56 Å². The van der Waals surface area contributed by atoms with Gasteiger partial charge in [-0.1, -0.05) is 24.3 Å². The number of nitrogens with one attached hydrogen (secondary N) is 1. The van der Waals surface area contributed by atoms with Crippen molar-refractivity contribution in [1.29, 1.82) is 0 Å². The number of carbonyl (C=O) groups excluding carboxylic acids is 2. The average Bonchev–Trinajstić information content (AvgIpc) is 3.15. The maximum absolute atomic E-state index is 12.5. The number of thiophene rings is 1. The van der Waals surface area contributed by atoms with Gasteiger partial charge in [-0.15, -0.1) is 11.3 Å². The number of aromatic nitrogens is 2. The molecule has 0 unspecified atom stereocenters. The van der Waals surface area contributed by atoms with Crippen LogP contribution in [0, 0.1) is 0 Å². The lowest BCUT2D eigenvalue weighted by atomic mass is 10.2. The first kappa shape index (κ1) is 18.5. The van der Waals surface area contributed by atoms with Gasteiger partial charge in [-0.25, -0.2) is 4.79 Å². The first-order valence-electron chi connectivity index (χ1n) is 8.27. The Morgan fingerprint density at radius 2 is 1.96 bits per heavy atom. The van der Waals surface area contributed by atoms with E-state index in [-0.39, 0.29) is 30.3 Å². The van der Waals surface area contributed by atoms with Crippen LogP contribution in [0.3, 0.4) is 0 Å². The van der Waals surface area contributed by atoms with E-state index in [9.17, 15) is 14.4 Å². The number of rotatable bonds is 6. The standard InChI is InChI=1S/C19H17N3O4S/c1-2-26-19(25)18-15(20-16(23)11-14-9-6-10-27-14)12-17(24)22(21-18)13-7-4-3-5-8-13/h3-10,12H,2,11H2,1H3,(H,20,23). The van der Waals surface area contributed by atoms with E-state index in [1.807, 2.05) is 17.5 Å². The monoisotopic (exact) mass is 383 g/mol. The molecule has 1 N–H and O–H groups in total. The smallest absolute Gasteiger partial charge is 0.360 e. The van der Waals surface area contributed by atoms with Crippen LogP contribution in [0.2, 0.25) is 0 Å². The average molecular weight is 383 g/mol. The van der Waals surface area contributed by atoms with Crippen molar-refractivity contribution in [2.75, 3.05) is 11.9 Å². The molecule has 138 valence electrons. The molecule has 2 heterocycles. The van der Waals surface area contributed by atoms with Gasteiger partial charge in [-0.3, -0.25) is 9.59 Å². The van der Waals surface area contributed by atoms with Crippen LogP contribution in [-0.2, 0) is 16.0 Å². The van der Waals surface area contributed by atoms with E-state index < -0.39 is 11.5 Å². The zero-order chi connectivity index (χ0) is 19.2. The lowest BCUT2D eigenvalue weighted by molar-refractivity contribution is -0.115. The molecular formula is C19H17N3O4S. The number of hydrogen-bond donors (Lipinski definition) is 1. The minimum absolute atomic E-state index is 0.0344. The summed E-state index contributed by atoms with van der Waals surface area (Å²) in [5.74, 6) is -1.06. The quantitative estimate of drug-likeness (QED) is 0.661. The van der Waals surface area contributed by atoms with Gasteiger partial charge in [0.05, 0.1) is 24.4 Å². The van der Waals surface area contributed by atoms with Crippen LogP contribution in [0.5, 0.6) is 0 Å². The summed E-state index contributed by atoms with van der Waals surface area (Å²) in [5.41, 5.74) is -0.0581. The number of amides is 1. The molecule has 3 rings (SSSR count). The van der Waals surface area contributed by atoms with Gasteiger partial charge in [0.1, 0.15) is 0 Å². The van der Waals surface area contributed by atoms with E-state index in [2.05, 4.69) is 10.4 Å². The summed E-state index contributed by atoms with van der Waals surface area (Å²) in [5, 5.41) is 8.60. The molecule has 0 aliphatic heterocycles. The Kier molecular flexibility index (Phi) is 5.77. The highest BCUT2D eigenvalue weighted by Crippen LogP contribution is 2.15. The lowest BCUT2D eigenvalue weighted by Gasteiger charge is -2.12. The predicted molar refractivity (Wildman–Crippen MR) is 102 cm³/mol. The predicted octanol–water partition coefficient (Wildman–Crippen LogP) is 2.65. The molecule has 0 saturated heterocycles. The summed E-state index contributed by atoms with van der Waals surface area (Å²) >= 11 is 1.45. The second-order valence-electron chi connectivity index (χ2n) is 5.52. The first-order chi connectivity index (χ1) is 13.1. The Hall–Kier alpha value is -3.26. The third-order valence-corrected chi connectivity index (χ3v) is 4.47. The first-order valence-corrected chi connectivity index (χ1v) is 9.15. The molecular weight excluding hydrogens is 366 g/mol. The zero-order valence-electron chi connectivity index (χ0n) is 14.5. The zero-order valence-corrected chi connectivity index (χ0v) is 15.4. The summed E-state index contributed by atoms with van der Waals surface area (Å²) < 4.78 is 6.12. The summed E-state index contributed by atoms with van der Waals surface area (Å²) in [6.07, 6.45) is 0.141. The topological polar surface area (TPSA) is 90.3 Å². The fraction of sp³-hybridized carbons (Fsp3) is 0.158. The molecule has 0 spiro atoms. The van der Waals surface area contributed by atoms with Crippen LogP contribution >= 0.6 is 11.3 Å². The normalized spacial score (nSPS) is 10.4. The maximum atomic E-state index is 12.5. The highest BCUT2D eigenvalue weighted by atomic mass is 32.1. The number of anilines is 1. The number of para-hydroxylation sites is 1. The molecule has 1 aromatic carbocycles. The molecule has 8 heteroatoms. The van der Waals surface area contributed by atoms with E-state index in [1.54, 1.807) is 37.3 Å². The van der Waals surface area contributed by atoms with Crippen LogP contribution < -0.4 is 10.9 Å². The van der Waals surface area contributed by atoms with Gasteiger partial charge in [0.15, 0.2) is 5.69 Å². The summed E-state index contributed by atoms with van der Waals surface area (Å²) in [6.45, 7) is 1.81. The van der Waals surface area contributed by atoms with Crippen LogP contribution in [0.25, 0.3) is 5.69 Å². The molecule has 2 aromatic heterocycles. The molecule has 27 heavy (non-hydrogen) atoms. The third kappa shape index (κ3) is 4.48. The Morgan fingerprint density at radius 3 is 2.63 bits per heavy atom. The molecule has 7 nitrogen and oxygen atoms in total. The molecule has 0 fully saturated rings.